The summed E-state index contributed by atoms with van der Waals surface area (Å²) in [7, 11) is 0. The molecule has 1 N–H and O–H groups in total. The first-order chi connectivity index (χ1) is 9.78. The summed E-state index contributed by atoms with van der Waals surface area (Å²) in [6, 6.07) is 0.265. The maximum Gasteiger partial charge on any atom is 0.322 e. The molecule has 0 aromatic carbocycles. The zero-order valence-electron chi connectivity index (χ0n) is 11.6. The maximum atomic E-state index is 5.85. The molecule has 8 heteroatoms. The van der Waals surface area contributed by atoms with Crippen LogP contribution in [-0.4, -0.2) is 65.9 Å². The van der Waals surface area contributed by atoms with Gasteiger partial charge in [-0.25, -0.2) is 0 Å². The van der Waals surface area contributed by atoms with E-state index in [1.807, 2.05) is 6.92 Å². The monoisotopic (exact) mass is 301 g/mol. The third kappa shape index (κ3) is 5.07. The molecule has 1 aromatic heterocycles. The Morgan fingerprint density at radius 2 is 2.10 bits per heavy atom. The number of halogens is 1. The Hall–Kier alpha value is -1.18. The van der Waals surface area contributed by atoms with Crippen molar-refractivity contribution in [3.05, 3.63) is 5.28 Å². The Bertz CT molecular complexity index is 415. The van der Waals surface area contributed by atoms with Crippen LogP contribution in [0.5, 0.6) is 6.01 Å². The number of morpholine rings is 1. The second-order valence-electron chi connectivity index (χ2n) is 4.44. The van der Waals surface area contributed by atoms with Gasteiger partial charge in [0.15, 0.2) is 0 Å². The van der Waals surface area contributed by atoms with Crippen LogP contribution in [0.25, 0.3) is 0 Å². The SMILES string of the molecule is CCCOc1nc(Cl)nc(NCCN2CCOCC2)n1. The quantitative estimate of drug-likeness (QED) is 0.807. The predicted molar refractivity (Wildman–Crippen MR) is 76.4 cm³/mol. The highest BCUT2D eigenvalue weighted by atomic mass is 35.5. The molecular weight excluding hydrogens is 282 g/mol. The minimum absolute atomic E-state index is 0.139. The average Bonchev–Trinajstić information content (AvgIpc) is 2.46. The third-order valence-electron chi connectivity index (χ3n) is 2.84. The fraction of sp³-hybridized carbons (Fsp3) is 0.750. The summed E-state index contributed by atoms with van der Waals surface area (Å²) >= 11 is 5.85. The van der Waals surface area contributed by atoms with Gasteiger partial charge in [0.2, 0.25) is 11.2 Å². The molecule has 0 saturated carbocycles. The van der Waals surface area contributed by atoms with Crippen molar-refractivity contribution >= 4 is 17.5 Å². The Labute approximate surface area is 123 Å². The van der Waals surface area contributed by atoms with Crippen LogP contribution < -0.4 is 10.1 Å². The van der Waals surface area contributed by atoms with Gasteiger partial charge in [0.25, 0.3) is 0 Å². The van der Waals surface area contributed by atoms with Crippen LogP contribution in [0.3, 0.4) is 0 Å². The standard InChI is InChI=1S/C12H20ClN5O2/c1-2-7-20-12-16-10(13)15-11(17-12)14-3-4-18-5-8-19-9-6-18/h2-9H2,1H3,(H,14,15,16,17). The highest BCUT2D eigenvalue weighted by Crippen LogP contribution is 2.11. The zero-order valence-corrected chi connectivity index (χ0v) is 12.4. The molecule has 1 aliphatic heterocycles. The van der Waals surface area contributed by atoms with Gasteiger partial charge in [-0.05, 0) is 18.0 Å². The van der Waals surface area contributed by atoms with Crippen molar-refractivity contribution in [2.45, 2.75) is 13.3 Å². The Morgan fingerprint density at radius 1 is 1.30 bits per heavy atom. The van der Waals surface area contributed by atoms with Gasteiger partial charge >= 0.3 is 6.01 Å². The van der Waals surface area contributed by atoms with E-state index in [1.54, 1.807) is 0 Å². The second kappa shape index (κ2) is 8.18. The number of hydrogen-bond donors (Lipinski definition) is 1. The van der Waals surface area contributed by atoms with Gasteiger partial charge in [0.1, 0.15) is 0 Å². The molecular formula is C12H20ClN5O2. The smallest absolute Gasteiger partial charge is 0.322 e. The lowest BCUT2D eigenvalue weighted by Gasteiger charge is -2.26. The number of nitrogens with zero attached hydrogens (tertiary/aromatic N) is 4. The van der Waals surface area contributed by atoms with Crippen molar-refractivity contribution < 1.29 is 9.47 Å². The van der Waals surface area contributed by atoms with Crippen LogP contribution in [0, 0.1) is 0 Å². The van der Waals surface area contributed by atoms with E-state index >= 15 is 0 Å². The largest absolute Gasteiger partial charge is 0.463 e. The molecule has 0 aliphatic carbocycles. The molecule has 0 atom stereocenters. The van der Waals surface area contributed by atoms with Crippen LogP contribution in [0.2, 0.25) is 5.28 Å². The maximum absolute atomic E-state index is 5.85. The first kappa shape index (κ1) is 15.2. The summed E-state index contributed by atoms with van der Waals surface area (Å²) < 4.78 is 10.7. The van der Waals surface area contributed by atoms with Crippen molar-refractivity contribution in [1.82, 2.24) is 19.9 Å². The molecule has 0 bridgehead atoms. The van der Waals surface area contributed by atoms with Crippen molar-refractivity contribution in [1.29, 1.82) is 0 Å². The fourth-order valence-corrected chi connectivity index (χ4v) is 1.97. The Kier molecular flexibility index (Phi) is 6.23. The minimum atomic E-state index is 0.139. The number of hydrogen-bond acceptors (Lipinski definition) is 7. The van der Waals surface area contributed by atoms with Crippen LogP contribution in [0.15, 0.2) is 0 Å². The summed E-state index contributed by atoms with van der Waals surface area (Å²) in [5, 5.41) is 3.28. The van der Waals surface area contributed by atoms with E-state index in [-0.39, 0.29) is 11.3 Å². The van der Waals surface area contributed by atoms with E-state index < -0.39 is 0 Å². The summed E-state index contributed by atoms with van der Waals surface area (Å²) in [6.07, 6.45) is 0.892. The Balaban J connectivity index is 1.80. The van der Waals surface area contributed by atoms with Gasteiger partial charge in [0, 0.05) is 26.2 Å². The van der Waals surface area contributed by atoms with Crippen molar-refractivity contribution in [3.63, 3.8) is 0 Å². The number of aromatic nitrogens is 3. The lowest BCUT2D eigenvalue weighted by Crippen LogP contribution is -2.39. The second-order valence-corrected chi connectivity index (χ2v) is 4.78. The van der Waals surface area contributed by atoms with Gasteiger partial charge in [-0.15, -0.1) is 0 Å². The first-order valence-corrected chi connectivity index (χ1v) is 7.24. The van der Waals surface area contributed by atoms with E-state index in [1.165, 1.54) is 0 Å². The van der Waals surface area contributed by atoms with Gasteiger partial charge in [-0.1, -0.05) is 6.92 Å². The number of nitrogens with one attached hydrogen (secondary N) is 1. The van der Waals surface area contributed by atoms with E-state index in [2.05, 4.69) is 25.2 Å². The topological polar surface area (TPSA) is 72.4 Å². The molecule has 0 unspecified atom stereocenters. The molecule has 7 nitrogen and oxygen atoms in total. The summed E-state index contributed by atoms with van der Waals surface area (Å²) in [5.74, 6) is 0.448. The van der Waals surface area contributed by atoms with Crippen molar-refractivity contribution in [2.75, 3.05) is 51.3 Å². The molecule has 2 rings (SSSR count). The molecule has 0 amide bonds. The predicted octanol–water partition coefficient (Wildman–Crippen LogP) is 1.06. The van der Waals surface area contributed by atoms with E-state index in [0.29, 0.717) is 12.6 Å². The van der Waals surface area contributed by atoms with Crippen LogP contribution in [0.4, 0.5) is 5.95 Å². The van der Waals surface area contributed by atoms with Crippen molar-refractivity contribution in [2.24, 2.45) is 0 Å². The van der Waals surface area contributed by atoms with Gasteiger partial charge in [-0.3, -0.25) is 4.90 Å². The number of ether oxygens (including phenoxy) is 2. The fourth-order valence-electron chi connectivity index (χ4n) is 1.82. The number of anilines is 1. The molecule has 1 saturated heterocycles. The van der Waals surface area contributed by atoms with E-state index in [4.69, 9.17) is 21.1 Å². The molecule has 0 spiro atoms. The average molecular weight is 302 g/mol. The van der Waals surface area contributed by atoms with Gasteiger partial charge in [-0.2, -0.15) is 15.0 Å². The van der Waals surface area contributed by atoms with E-state index in [0.717, 1.165) is 45.8 Å². The van der Waals surface area contributed by atoms with Crippen LogP contribution >= 0.6 is 11.6 Å². The first-order valence-electron chi connectivity index (χ1n) is 6.86. The molecule has 1 fully saturated rings. The minimum Gasteiger partial charge on any atom is -0.463 e. The molecule has 1 aliphatic rings. The van der Waals surface area contributed by atoms with Crippen molar-refractivity contribution in [3.8, 4) is 6.01 Å². The lowest BCUT2D eigenvalue weighted by atomic mass is 10.4. The van der Waals surface area contributed by atoms with E-state index in [9.17, 15) is 0 Å². The molecule has 2 heterocycles. The highest BCUT2D eigenvalue weighted by molar-refractivity contribution is 6.28. The van der Waals surface area contributed by atoms with Crippen LogP contribution in [-0.2, 0) is 4.74 Å². The lowest BCUT2D eigenvalue weighted by molar-refractivity contribution is 0.0398. The normalized spacial score (nSPS) is 16.1. The summed E-state index contributed by atoms with van der Waals surface area (Å²) in [4.78, 5) is 14.5. The molecule has 1 aromatic rings. The zero-order chi connectivity index (χ0) is 14.2. The van der Waals surface area contributed by atoms with Gasteiger partial charge in [0.05, 0.1) is 19.8 Å². The highest BCUT2D eigenvalue weighted by Gasteiger charge is 2.10. The molecule has 0 radical (unpaired) electrons. The third-order valence-corrected chi connectivity index (χ3v) is 3.01. The number of rotatable bonds is 7. The van der Waals surface area contributed by atoms with Crippen LogP contribution in [0.1, 0.15) is 13.3 Å². The Morgan fingerprint density at radius 3 is 2.85 bits per heavy atom. The van der Waals surface area contributed by atoms with Gasteiger partial charge < -0.3 is 14.8 Å². The molecule has 20 heavy (non-hydrogen) atoms. The summed E-state index contributed by atoms with van der Waals surface area (Å²) in [5.41, 5.74) is 0. The molecule has 112 valence electrons. The summed E-state index contributed by atoms with van der Waals surface area (Å²) in [6.45, 7) is 7.76.